The van der Waals surface area contributed by atoms with Crippen molar-refractivity contribution in [3.63, 3.8) is 0 Å². The van der Waals surface area contributed by atoms with Crippen LogP contribution in [0, 0.1) is 6.92 Å². The quantitative estimate of drug-likeness (QED) is 0.843. The smallest absolute Gasteiger partial charge is 0.320 e. The normalized spacial score (nSPS) is 12.2. The molecule has 5 heteroatoms. The highest BCUT2D eigenvalue weighted by Crippen LogP contribution is 2.29. The van der Waals surface area contributed by atoms with E-state index in [9.17, 15) is 4.79 Å². The highest BCUT2D eigenvalue weighted by molar-refractivity contribution is 6.32. The molecule has 0 aliphatic rings. The fraction of sp³-hybridized carbons (Fsp3) is 0.364. The van der Waals surface area contributed by atoms with Crippen LogP contribution in [0.3, 0.4) is 0 Å². The average Bonchev–Trinajstić information content (AvgIpc) is 2.22. The Kier molecular flexibility index (Phi) is 4.15. The van der Waals surface area contributed by atoms with Gasteiger partial charge in [0.2, 0.25) is 0 Å². The maximum absolute atomic E-state index is 10.6. The number of ether oxygens (including phenoxy) is 1. The first-order valence-corrected chi connectivity index (χ1v) is 5.15. The molecule has 0 aliphatic carbocycles. The van der Waals surface area contributed by atoms with Gasteiger partial charge in [0.1, 0.15) is 11.8 Å². The summed E-state index contributed by atoms with van der Waals surface area (Å²) in [5, 5.41) is 9.25. The third kappa shape index (κ3) is 2.87. The molecule has 16 heavy (non-hydrogen) atoms. The van der Waals surface area contributed by atoms with E-state index in [1.54, 1.807) is 6.07 Å². The number of aryl methyl sites for hydroxylation is 1. The van der Waals surface area contributed by atoms with Gasteiger partial charge in [0, 0.05) is 0 Å². The second-order valence-electron chi connectivity index (χ2n) is 3.58. The van der Waals surface area contributed by atoms with Crippen molar-refractivity contribution in [2.24, 2.45) is 5.73 Å². The maximum Gasteiger partial charge on any atom is 0.320 e. The molecule has 1 rings (SSSR count). The zero-order valence-electron chi connectivity index (χ0n) is 9.16. The van der Waals surface area contributed by atoms with Gasteiger partial charge in [-0.3, -0.25) is 4.79 Å². The number of methoxy groups -OCH3 is 1. The van der Waals surface area contributed by atoms with Crippen LogP contribution in [-0.2, 0) is 11.2 Å². The summed E-state index contributed by atoms with van der Waals surface area (Å²) in [6.07, 6.45) is 0.254. The van der Waals surface area contributed by atoms with Crippen molar-refractivity contribution in [3.8, 4) is 5.75 Å². The Morgan fingerprint density at radius 2 is 2.25 bits per heavy atom. The van der Waals surface area contributed by atoms with Crippen molar-refractivity contribution in [2.75, 3.05) is 7.11 Å². The van der Waals surface area contributed by atoms with Crippen molar-refractivity contribution in [1.82, 2.24) is 0 Å². The van der Waals surface area contributed by atoms with Crippen molar-refractivity contribution in [2.45, 2.75) is 19.4 Å². The van der Waals surface area contributed by atoms with E-state index in [0.29, 0.717) is 10.8 Å². The molecule has 1 atom stereocenters. The number of hydrogen-bond donors (Lipinski definition) is 2. The Labute approximate surface area is 99.0 Å². The second kappa shape index (κ2) is 5.18. The number of carboxylic acids is 1. The molecule has 0 spiro atoms. The summed E-state index contributed by atoms with van der Waals surface area (Å²) >= 11 is 5.99. The lowest BCUT2D eigenvalue weighted by molar-refractivity contribution is -0.138. The minimum atomic E-state index is -1.02. The van der Waals surface area contributed by atoms with E-state index in [2.05, 4.69) is 0 Å². The molecular formula is C11H14ClNO3. The summed E-state index contributed by atoms with van der Waals surface area (Å²) in [5.74, 6) is -0.485. The van der Waals surface area contributed by atoms with Gasteiger partial charge in [-0.05, 0) is 30.5 Å². The van der Waals surface area contributed by atoms with Crippen LogP contribution < -0.4 is 10.5 Å². The van der Waals surface area contributed by atoms with Crippen molar-refractivity contribution in [1.29, 1.82) is 0 Å². The third-order valence-electron chi connectivity index (χ3n) is 2.27. The molecule has 0 aromatic heterocycles. The second-order valence-corrected chi connectivity index (χ2v) is 3.96. The van der Waals surface area contributed by atoms with Crippen molar-refractivity contribution >= 4 is 17.6 Å². The number of carboxylic acid groups (broad SMARTS) is 1. The minimum Gasteiger partial charge on any atom is -0.495 e. The first-order valence-electron chi connectivity index (χ1n) is 4.77. The molecule has 0 radical (unpaired) electrons. The van der Waals surface area contributed by atoms with Crippen LogP contribution in [0.25, 0.3) is 0 Å². The molecular weight excluding hydrogens is 230 g/mol. The molecule has 0 amide bonds. The molecule has 0 aliphatic heterocycles. The highest BCUT2D eigenvalue weighted by atomic mass is 35.5. The molecule has 4 nitrogen and oxygen atoms in total. The summed E-state index contributed by atoms with van der Waals surface area (Å²) in [7, 11) is 1.52. The van der Waals surface area contributed by atoms with Crippen molar-refractivity contribution in [3.05, 3.63) is 28.3 Å². The van der Waals surface area contributed by atoms with E-state index >= 15 is 0 Å². The molecule has 0 bridgehead atoms. The Morgan fingerprint density at radius 1 is 1.62 bits per heavy atom. The van der Waals surface area contributed by atoms with Gasteiger partial charge in [-0.1, -0.05) is 17.7 Å². The molecule has 88 valence electrons. The van der Waals surface area contributed by atoms with Crippen LogP contribution in [0.5, 0.6) is 5.75 Å². The van der Waals surface area contributed by atoms with E-state index in [1.165, 1.54) is 7.11 Å². The van der Waals surface area contributed by atoms with E-state index in [1.807, 2.05) is 13.0 Å². The third-order valence-corrected chi connectivity index (χ3v) is 2.76. The first-order chi connectivity index (χ1) is 7.45. The molecule has 1 unspecified atom stereocenters. The molecule has 1 aromatic carbocycles. The lowest BCUT2D eigenvalue weighted by Gasteiger charge is -2.11. The van der Waals surface area contributed by atoms with Gasteiger partial charge in [-0.2, -0.15) is 0 Å². The molecule has 0 heterocycles. The van der Waals surface area contributed by atoms with Crippen LogP contribution in [0.15, 0.2) is 12.1 Å². The van der Waals surface area contributed by atoms with Crippen molar-refractivity contribution < 1.29 is 14.6 Å². The SMILES string of the molecule is COc1cc(CC(N)C(=O)O)cc(C)c1Cl. The van der Waals surface area contributed by atoms with Gasteiger partial charge in [0.05, 0.1) is 12.1 Å². The molecule has 3 N–H and O–H groups in total. The summed E-state index contributed by atoms with van der Waals surface area (Å²) in [6.45, 7) is 1.83. The highest BCUT2D eigenvalue weighted by Gasteiger charge is 2.14. The van der Waals surface area contributed by atoms with E-state index in [4.69, 9.17) is 27.2 Å². The summed E-state index contributed by atoms with van der Waals surface area (Å²) in [4.78, 5) is 10.6. The zero-order valence-corrected chi connectivity index (χ0v) is 9.91. The van der Waals surface area contributed by atoms with E-state index in [-0.39, 0.29) is 6.42 Å². The predicted octanol–water partition coefficient (Wildman–Crippen LogP) is 1.61. The minimum absolute atomic E-state index is 0.254. The largest absolute Gasteiger partial charge is 0.495 e. The Morgan fingerprint density at radius 3 is 2.75 bits per heavy atom. The number of benzene rings is 1. The lowest BCUT2D eigenvalue weighted by Crippen LogP contribution is -2.32. The molecule has 0 saturated carbocycles. The number of nitrogens with two attached hydrogens (primary N) is 1. The van der Waals surface area contributed by atoms with Gasteiger partial charge < -0.3 is 15.6 Å². The molecule has 1 aromatic rings. The lowest BCUT2D eigenvalue weighted by atomic mass is 10.0. The number of hydrogen-bond acceptors (Lipinski definition) is 3. The molecule has 0 fully saturated rings. The van der Waals surface area contributed by atoms with Gasteiger partial charge in [-0.15, -0.1) is 0 Å². The van der Waals surface area contributed by atoms with Crippen LogP contribution in [0.1, 0.15) is 11.1 Å². The van der Waals surface area contributed by atoms with Crippen LogP contribution >= 0.6 is 11.6 Å². The fourth-order valence-corrected chi connectivity index (χ4v) is 1.60. The van der Waals surface area contributed by atoms with Crippen LogP contribution in [0.2, 0.25) is 5.02 Å². The number of rotatable bonds is 4. The average molecular weight is 244 g/mol. The number of carbonyl (C=O) groups is 1. The standard InChI is InChI=1S/C11H14ClNO3/c1-6-3-7(4-8(13)11(14)15)5-9(16-2)10(6)12/h3,5,8H,4,13H2,1-2H3,(H,14,15). The topological polar surface area (TPSA) is 72.5 Å². The monoisotopic (exact) mass is 243 g/mol. The van der Waals surface area contributed by atoms with Gasteiger partial charge in [0.25, 0.3) is 0 Å². The Balaban J connectivity index is 2.98. The van der Waals surface area contributed by atoms with Gasteiger partial charge >= 0.3 is 5.97 Å². The number of halogens is 1. The van der Waals surface area contributed by atoms with E-state index < -0.39 is 12.0 Å². The Bertz CT molecular complexity index is 406. The summed E-state index contributed by atoms with van der Waals surface area (Å²) in [6, 6.07) is 2.61. The summed E-state index contributed by atoms with van der Waals surface area (Å²) < 4.78 is 5.09. The summed E-state index contributed by atoms with van der Waals surface area (Å²) in [5.41, 5.74) is 7.10. The van der Waals surface area contributed by atoms with Crippen LogP contribution in [-0.4, -0.2) is 24.2 Å². The maximum atomic E-state index is 10.6. The van der Waals surface area contributed by atoms with Crippen LogP contribution in [0.4, 0.5) is 0 Å². The van der Waals surface area contributed by atoms with Gasteiger partial charge in [-0.25, -0.2) is 0 Å². The fourth-order valence-electron chi connectivity index (χ4n) is 1.42. The predicted molar refractivity (Wildman–Crippen MR) is 62.1 cm³/mol. The first kappa shape index (κ1) is 12.8. The van der Waals surface area contributed by atoms with E-state index in [0.717, 1.165) is 11.1 Å². The number of aliphatic carboxylic acids is 1. The zero-order chi connectivity index (χ0) is 12.3. The van der Waals surface area contributed by atoms with Gasteiger partial charge in [0.15, 0.2) is 0 Å². The molecule has 0 saturated heterocycles. The Hall–Kier alpha value is -1.26.